The van der Waals surface area contributed by atoms with Crippen LogP contribution < -0.4 is 14.8 Å². The fourth-order valence-corrected chi connectivity index (χ4v) is 1.97. The van der Waals surface area contributed by atoms with Crippen molar-refractivity contribution in [2.75, 3.05) is 28.4 Å². The molecule has 1 aromatic carbocycles. The first-order valence-electron chi connectivity index (χ1n) is 6.57. The van der Waals surface area contributed by atoms with E-state index in [9.17, 15) is 9.59 Å². The van der Waals surface area contributed by atoms with E-state index in [4.69, 9.17) is 9.47 Å². The summed E-state index contributed by atoms with van der Waals surface area (Å²) in [6.07, 6.45) is 0.516. The maximum absolute atomic E-state index is 12.6. The van der Waals surface area contributed by atoms with Gasteiger partial charge in [-0.25, -0.2) is 0 Å². The van der Waals surface area contributed by atoms with Crippen molar-refractivity contribution in [1.29, 1.82) is 0 Å². The summed E-state index contributed by atoms with van der Waals surface area (Å²) in [5.74, 6) is 0.541. The minimum Gasteiger partial charge on any atom is -0.497 e. The monoisotopic (exact) mass is 295 g/mol. The number of esters is 1. The summed E-state index contributed by atoms with van der Waals surface area (Å²) >= 11 is 0. The van der Waals surface area contributed by atoms with Crippen molar-refractivity contribution in [1.82, 2.24) is 5.32 Å². The van der Waals surface area contributed by atoms with Crippen LogP contribution in [0, 0.1) is 0 Å². The van der Waals surface area contributed by atoms with Crippen LogP contribution in [0.4, 0.5) is 0 Å². The molecular weight excluding hydrogens is 274 g/mol. The molecule has 6 heteroatoms. The first-order chi connectivity index (χ1) is 10.1. The van der Waals surface area contributed by atoms with E-state index in [1.165, 1.54) is 21.3 Å². The molecular formula is C15H21NO5. The summed E-state index contributed by atoms with van der Waals surface area (Å²) in [6, 6.07) is 4.53. The van der Waals surface area contributed by atoms with Gasteiger partial charge in [0.1, 0.15) is 11.5 Å². The van der Waals surface area contributed by atoms with E-state index in [0.717, 1.165) is 0 Å². The molecule has 1 rings (SSSR count). The number of methoxy groups -OCH3 is 3. The second-order valence-electron chi connectivity index (χ2n) is 4.39. The van der Waals surface area contributed by atoms with E-state index in [2.05, 4.69) is 10.1 Å². The van der Waals surface area contributed by atoms with Crippen LogP contribution in [0.3, 0.4) is 0 Å². The highest BCUT2D eigenvalue weighted by molar-refractivity contribution is 6.02. The lowest BCUT2D eigenvalue weighted by Gasteiger charge is -2.17. The molecule has 0 saturated heterocycles. The zero-order chi connectivity index (χ0) is 15.8. The summed E-state index contributed by atoms with van der Waals surface area (Å²) in [5, 5.41) is 2.91. The highest BCUT2D eigenvalue weighted by Gasteiger charge is 2.23. The SMILES string of the molecule is CNC(CCC(=O)OC)C(=O)c1cc(OC)ccc1OC. The zero-order valence-electron chi connectivity index (χ0n) is 12.8. The molecule has 0 amide bonds. The van der Waals surface area contributed by atoms with Crippen molar-refractivity contribution in [3.8, 4) is 11.5 Å². The molecule has 0 fully saturated rings. The summed E-state index contributed by atoms with van der Waals surface area (Å²) in [4.78, 5) is 23.8. The van der Waals surface area contributed by atoms with Crippen molar-refractivity contribution in [3.63, 3.8) is 0 Å². The number of hydrogen-bond donors (Lipinski definition) is 1. The molecule has 0 aliphatic heterocycles. The second kappa shape index (κ2) is 8.26. The van der Waals surface area contributed by atoms with E-state index < -0.39 is 6.04 Å². The molecule has 0 aliphatic carbocycles. The number of carbonyl (C=O) groups excluding carboxylic acids is 2. The fraction of sp³-hybridized carbons (Fsp3) is 0.467. The highest BCUT2D eigenvalue weighted by atomic mass is 16.5. The number of hydrogen-bond acceptors (Lipinski definition) is 6. The Morgan fingerprint density at radius 2 is 1.90 bits per heavy atom. The van der Waals surface area contributed by atoms with Gasteiger partial charge in [0.05, 0.1) is 32.9 Å². The molecule has 6 nitrogen and oxygen atoms in total. The van der Waals surface area contributed by atoms with Gasteiger partial charge in [-0.2, -0.15) is 0 Å². The number of Topliss-reactive ketones (excluding diaryl/α,β-unsaturated/α-hetero) is 1. The minimum absolute atomic E-state index is 0.155. The summed E-state index contributed by atoms with van der Waals surface area (Å²) in [6.45, 7) is 0. The predicted octanol–water partition coefficient (Wildman–Crippen LogP) is 1.43. The third kappa shape index (κ3) is 4.46. The van der Waals surface area contributed by atoms with Crippen molar-refractivity contribution in [2.24, 2.45) is 0 Å². The summed E-state index contributed by atoms with van der Waals surface area (Å²) in [5.41, 5.74) is 0.418. The minimum atomic E-state index is -0.495. The van der Waals surface area contributed by atoms with Gasteiger partial charge in [-0.05, 0) is 31.7 Å². The Labute approximate surface area is 124 Å². The van der Waals surface area contributed by atoms with Gasteiger partial charge in [0.2, 0.25) is 0 Å². The Kier molecular flexibility index (Phi) is 6.68. The molecule has 1 aromatic rings. The van der Waals surface area contributed by atoms with Crippen LogP contribution in [0.25, 0.3) is 0 Å². The Morgan fingerprint density at radius 1 is 1.19 bits per heavy atom. The lowest BCUT2D eigenvalue weighted by molar-refractivity contribution is -0.140. The Morgan fingerprint density at radius 3 is 2.43 bits per heavy atom. The average Bonchev–Trinajstić information content (AvgIpc) is 2.54. The number of rotatable bonds is 8. The van der Waals surface area contributed by atoms with E-state index in [0.29, 0.717) is 23.5 Å². The van der Waals surface area contributed by atoms with Gasteiger partial charge in [-0.1, -0.05) is 0 Å². The van der Waals surface area contributed by atoms with Crippen molar-refractivity contribution >= 4 is 11.8 Å². The maximum Gasteiger partial charge on any atom is 0.305 e. The number of benzene rings is 1. The highest BCUT2D eigenvalue weighted by Crippen LogP contribution is 2.25. The van der Waals surface area contributed by atoms with Crippen LogP contribution in [0.2, 0.25) is 0 Å². The van der Waals surface area contributed by atoms with E-state index in [-0.39, 0.29) is 18.2 Å². The van der Waals surface area contributed by atoms with Crippen molar-refractivity contribution in [2.45, 2.75) is 18.9 Å². The first-order valence-corrected chi connectivity index (χ1v) is 6.57. The third-order valence-electron chi connectivity index (χ3n) is 3.20. The van der Waals surface area contributed by atoms with E-state index in [1.54, 1.807) is 25.2 Å². The van der Waals surface area contributed by atoms with Crippen LogP contribution in [0.15, 0.2) is 18.2 Å². The van der Waals surface area contributed by atoms with Crippen LogP contribution in [-0.4, -0.2) is 46.2 Å². The summed E-state index contributed by atoms with van der Waals surface area (Å²) < 4.78 is 14.9. The van der Waals surface area contributed by atoms with Gasteiger partial charge in [0, 0.05) is 6.42 Å². The summed E-state index contributed by atoms with van der Waals surface area (Å²) in [7, 11) is 6.03. The van der Waals surface area contributed by atoms with Crippen LogP contribution in [-0.2, 0) is 9.53 Å². The van der Waals surface area contributed by atoms with Gasteiger partial charge < -0.3 is 19.5 Å². The van der Waals surface area contributed by atoms with Gasteiger partial charge in [-0.3, -0.25) is 9.59 Å². The number of ether oxygens (including phenoxy) is 3. The smallest absolute Gasteiger partial charge is 0.305 e. The van der Waals surface area contributed by atoms with Crippen molar-refractivity contribution in [3.05, 3.63) is 23.8 Å². The Bertz CT molecular complexity index is 501. The second-order valence-corrected chi connectivity index (χ2v) is 4.39. The molecule has 1 N–H and O–H groups in total. The van der Waals surface area contributed by atoms with Crippen LogP contribution in [0.1, 0.15) is 23.2 Å². The lowest BCUT2D eigenvalue weighted by Crippen LogP contribution is -2.35. The van der Waals surface area contributed by atoms with Gasteiger partial charge in [-0.15, -0.1) is 0 Å². The lowest BCUT2D eigenvalue weighted by atomic mass is 9.99. The molecule has 0 spiro atoms. The van der Waals surface area contributed by atoms with E-state index in [1.807, 2.05) is 0 Å². The molecule has 0 heterocycles. The standard InChI is InChI=1S/C15H21NO5/c1-16-12(6-8-14(17)21-4)15(18)11-9-10(19-2)5-7-13(11)20-3/h5,7,9,12,16H,6,8H2,1-4H3. The van der Waals surface area contributed by atoms with Crippen LogP contribution in [0.5, 0.6) is 11.5 Å². The number of likely N-dealkylation sites (N-methyl/N-ethyl adjacent to an activating group) is 1. The number of ketones is 1. The quantitative estimate of drug-likeness (QED) is 0.577. The van der Waals surface area contributed by atoms with Gasteiger partial charge in [0.15, 0.2) is 5.78 Å². The fourth-order valence-electron chi connectivity index (χ4n) is 1.97. The predicted molar refractivity (Wildman–Crippen MR) is 78.0 cm³/mol. The normalized spacial score (nSPS) is 11.6. The molecule has 1 unspecified atom stereocenters. The first kappa shape index (κ1) is 17.0. The molecule has 0 saturated carbocycles. The van der Waals surface area contributed by atoms with Gasteiger partial charge in [0.25, 0.3) is 0 Å². The molecule has 0 bridgehead atoms. The van der Waals surface area contributed by atoms with Gasteiger partial charge >= 0.3 is 5.97 Å². The van der Waals surface area contributed by atoms with Crippen LogP contribution >= 0.6 is 0 Å². The molecule has 21 heavy (non-hydrogen) atoms. The third-order valence-corrected chi connectivity index (χ3v) is 3.20. The number of nitrogens with one attached hydrogen (secondary N) is 1. The average molecular weight is 295 g/mol. The zero-order valence-corrected chi connectivity index (χ0v) is 12.8. The molecule has 0 aliphatic rings. The molecule has 116 valence electrons. The molecule has 0 aromatic heterocycles. The van der Waals surface area contributed by atoms with Crippen molar-refractivity contribution < 1.29 is 23.8 Å². The number of carbonyl (C=O) groups is 2. The van der Waals surface area contributed by atoms with E-state index >= 15 is 0 Å². The molecule has 0 radical (unpaired) electrons. The Hall–Kier alpha value is -2.08. The maximum atomic E-state index is 12.6. The molecule has 1 atom stereocenters. The topological polar surface area (TPSA) is 73.9 Å². The largest absolute Gasteiger partial charge is 0.497 e. The Balaban J connectivity index is 2.95.